The lowest BCUT2D eigenvalue weighted by atomic mass is 10.0. The van der Waals surface area contributed by atoms with E-state index >= 15 is 0 Å². The van der Waals surface area contributed by atoms with Crippen molar-refractivity contribution in [1.82, 2.24) is 9.80 Å². The summed E-state index contributed by atoms with van der Waals surface area (Å²) in [6, 6.07) is 0. The zero-order chi connectivity index (χ0) is 18.7. The Labute approximate surface area is 155 Å². The number of aliphatic imine (C=N–C) groups is 1. The van der Waals surface area contributed by atoms with Crippen LogP contribution in [0, 0.1) is 0 Å². The maximum absolute atomic E-state index is 11.9. The molecular formula is C20H27N3O3. The molecular weight excluding hydrogens is 330 g/mol. The quantitative estimate of drug-likeness (QED) is 0.771. The Morgan fingerprint density at radius 2 is 2.15 bits per heavy atom. The molecule has 0 spiro atoms. The van der Waals surface area contributed by atoms with E-state index < -0.39 is 0 Å². The van der Waals surface area contributed by atoms with Crippen LogP contribution in [0.4, 0.5) is 4.79 Å². The molecule has 0 aromatic heterocycles. The second kappa shape index (κ2) is 7.50. The van der Waals surface area contributed by atoms with Gasteiger partial charge < -0.3 is 19.3 Å². The maximum Gasteiger partial charge on any atom is 0.414 e. The van der Waals surface area contributed by atoms with Crippen LogP contribution in [0.3, 0.4) is 0 Å². The zero-order valence-electron chi connectivity index (χ0n) is 15.9. The third-order valence-electron chi connectivity index (χ3n) is 4.35. The van der Waals surface area contributed by atoms with Gasteiger partial charge in [0.05, 0.1) is 6.54 Å². The number of carbonyl (C=O) groups is 1. The normalized spacial score (nSPS) is 24.1. The van der Waals surface area contributed by atoms with Crippen molar-refractivity contribution >= 4 is 12.3 Å². The molecule has 1 aliphatic carbocycles. The Bertz CT molecular complexity index is 714. The SMILES string of the molecule is CN(C)C(=O)OC1=CCCC=C1CN1C=CCC(C2N=CC(C)(C)O2)=C1. The molecule has 0 saturated carbocycles. The van der Waals surface area contributed by atoms with Gasteiger partial charge in [-0.2, -0.15) is 0 Å². The van der Waals surface area contributed by atoms with Crippen LogP contribution in [-0.2, 0) is 9.47 Å². The van der Waals surface area contributed by atoms with Crippen molar-refractivity contribution in [3.05, 3.63) is 47.5 Å². The summed E-state index contributed by atoms with van der Waals surface area (Å²) in [4.78, 5) is 19.9. The average Bonchev–Trinajstić information content (AvgIpc) is 2.97. The van der Waals surface area contributed by atoms with Crippen LogP contribution in [0.1, 0.15) is 33.1 Å². The highest BCUT2D eigenvalue weighted by Gasteiger charge is 2.30. The largest absolute Gasteiger partial charge is 0.414 e. The highest BCUT2D eigenvalue weighted by atomic mass is 16.6. The first-order chi connectivity index (χ1) is 12.3. The Morgan fingerprint density at radius 3 is 2.85 bits per heavy atom. The highest BCUT2D eigenvalue weighted by Crippen LogP contribution is 2.28. The van der Waals surface area contributed by atoms with Crippen LogP contribution >= 0.6 is 0 Å². The molecule has 3 aliphatic rings. The number of nitrogens with zero attached hydrogens (tertiary/aromatic N) is 3. The Balaban J connectivity index is 1.67. The van der Waals surface area contributed by atoms with E-state index in [1.165, 1.54) is 4.90 Å². The van der Waals surface area contributed by atoms with Gasteiger partial charge in [-0.25, -0.2) is 4.79 Å². The number of hydrogen-bond donors (Lipinski definition) is 0. The number of amides is 1. The first kappa shape index (κ1) is 18.5. The van der Waals surface area contributed by atoms with E-state index in [1.807, 2.05) is 32.3 Å². The Hall–Kier alpha value is -2.34. The summed E-state index contributed by atoms with van der Waals surface area (Å²) in [6.07, 6.45) is 14.3. The number of rotatable bonds is 4. The minimum atomic E-state index is -0.356. The van der Waals surface area contributed by atoms with Crippen molar-refractivity contribution in [2.75, 3.05) is 20.6 Å². The lowest BCUT2D eigenvalue weighted by Crippen LogP contribution is -2.27. The molecule has 0 bridgehead atoms. The minimum Gasteiger partial charge on any atom is -0.410 e. The van der Waals surface area contributed by atoms with Gasteiger partial charge in [0, 0.05) is 43.9 Å². The fourth-order valence-corrected chi connectivity index (χ4v) is 3.00. The van der Waals surface area contributed by atoms with Gasteiger partial charge in [-0.1, -0.05) is 12.2 Å². The van der Waals surface area contributed by atoms with E-state index in [2.05, 4.69) is 28.2 Å². The lowest BCUT2D eigenvalue weighted by Gasteiger charge is -2.27. The molecule has 2 aliphatic heterocycles. The Morgan fingerprint density at radius 1 is 1.38 bits per heavy atom. The van der Waals surface area contributed by atoms with Crippen LogP contribution in [-0.4, -0.2) is 54.6 Å². The molecule has 1 unspecified atom stereocenters. The summed E-state index contributed by atoms with van der Waals surface area (Å²) < 4.78 is 11.5. The van der Waals surface area contributed by atoms with E-state index in [0.29, 0.717) is 12.3 Å². The molecule has 6 nitrogen and oxygen atoms in total. The minimum absolute atomic E-state index is 0.223. The summed E-state index contributed by atoms with van der Waals surface area (Å²) in [6.45, 7) is 4.67. The molecule has 3 rings (SSSR count). The predicted molar refractivity (Wildman–Crippen MR) is 102 cm³/mol. The molecule has 1 atom stereocenters. The molecule has 0 fully saturated rings. The van der Waals surface area contributed by atoms with Crippen LogP contribution in [0.15, 0.2) is 52.5 Å². The summed E-state index contributed by atoms with van der Waals surface area (Å²) in [7, 11) is 3.36. The molecule has 0 saturated heterocycles. The molecule has 26 heavy (non-hydrogen) atoms. The summed E-state index contributed by atoms with van der Waals surface area (Å²) in [5, 5.41) is 0. The molecule has 0 N–H and O–H groups in total. The molecule has 1 amide bonds. The number of hydrogen-bond acceptors (Lipinski definition) is 5. The van der Waals surface area contributed by atoms with Crippen LogP contribution in [0.5, 0.6) is 0 Å². The maximum atomic E-state index is 11.9. The number of allylic oxidation sites excluding steroid dienone is 3. The summed E-state index contributed by atoms with van der Waals surface area (Å²) in [5.41, 5.74) is 1.82. The second-order valence-corrected chi connectivity index (χ2v) is 7.45. The van der Waals surface area contributed by atoms with Gasteiger partial charge in [-0.15, -0.1) is 0 Å². The van der Waals surface area contributed by atoms with E-state index in [1.54, 1.807) is 14.1 Å². The number of ether oxygens (including phenoxy) is 2. The van der Waals surface area contributed by atoms with Gasteiger partial charge in [0.25, 0.3) is 0 Å². The van der Waals surface area contributed by atoms with Crippen molar-refractivity contribution in [3.8, 4) is 0 Å². The zero-order valence-corrected chi connectivity index (χ0v) is 15.9. The van der Waals surface area contributed by atoms with Gasteiger partial charge >= 0.3 is 6.09 Å². The molecule has 0 aromatic carbocycles. The van der Waals surface area contributed by atoms with Crippen molar-refractivity contribution in [2.24, 2.45) is 4.99 Å². The van der Waals surface area contributed by atoms with Gasteiger partial charge in [0.1, 0.15) is 11.4 Å². The number of carbonyl (C=O) groups excluding carboxylic acids is 1. The molecule has 0 radical (unpaired) electrons. The van der Waals surface area contributed by atoms with Gasteiger partial charge in [0.2, 0.25) is 0 Å². The predicted octanol–water partition coefficient (Wildman–Crippen LogP) is 3.60. The first-order valence-corrected chi connectivity index (χ1v) is 8.98. The standard InChI is InChI=1S/C20H27N3O3/c1-20(2)14-21-18(26-20)16-9-7-11-23(13-16)12-15-8-5-6-10-17(15)25-19(24)22(3)4/h7-8,10-11,13-14,18H,5-6,9,12H2,1-4H3. The van der Waals surface area contributed by atoms with Crippen molar-refractivity contribution < 1.29 is 14.3 Å². The topological polar surface area (TPSA) is 54.4 Å². The van der Waals surface area contributed by atoms with Gasteiger partial charge in [-0.05, 0) is 39.2 Å². The Kier molecular flexibility index (Phi) is 5.32. The molecule has 0 aromatic rings. The average molecular weight is 357 g/mol. The fourth-order valence-electron chi connectivity index (χ4n) is 3.00. The monoisotopic (exact) mass is 357 g/mol. The van der Waals surface area contributed by atoms with Crippen LogP contribution in [0.25, 0.3) is 0 Å². The first-order valence-electron chi connectivity index (χ1n) is 8.98. The highest BCUT2D eigenvalue weighted by molar-refractivity contribution is 5.70. The lowest BCUT2D eigenvalue weighted by molar-refractivity contribution is 0.0166. The molecule has 6 heteroatoms. The smallest absolute Gasteiger partial charge is 0.410 e. The van der Waals surface area contributed by atoms with Gasteiger partial charge in [-0.3, -0.25) is 4.99 Å². The van der Waals surface area contributed by atoms with Crippen molar-refractivity contribution in [1.29, 1.82) is 0 Å². The van der Waals surface area contributed by atoms with E-state index in [9.17, 15) is 4.79 Å². The fraction of sp³-hybridized carbons (Fsp3) is 0.500. The van der Waals surface area contributed by atoms with Crippen LogP contribution in [0.2, 0.25) is 0 Å². The van der Waals surface area contributed by atoms with Gasteiger partial charge in [0.15, 0.2) is 6.23 Å². The third kappa shape index (κ3) is 4.43. The third-order valence-corrected chi connectivity index (χ3v) is 4.35. The van der Waals surface area contributed by atoms with E-state index in [0.717, 1.165) is 30.4 Å². The van der Waals surface area contributed by atoms with E-state index in [-0.39, 0.29) is 17.9 Å². The summed E-state index contributed by atoms with van der Waals surface area (Å²) in [5.74, 6) is 0.653. The second-order valence-electron chi connectivity index (χ2n) is 7.45. The summed E-state index contributed by atoms with van der Waals surface area (Å²) >= 11 is 0. The molecule has 140 valence electrons. The molecule has 2 heterocycles. The van der Waals surface area contributed by atoms with E-state index in [4.69, 9.17) is 9.47 Å². The van der Waals surface area contributed by atoms with Crippen LogP contribution < -0.4 is 0 Å². The van der Waals surface area contributed by atoms with Crippen molar-refractivity contribution in [3.63, 3.8) is 0 Å². The van der Waals surface area contributed by atoms with Crippen molar-refractivity contribution in [2.45, 2.75) is 44.9 Å².